The zero-order valence-electron chi connectivity index (χ0n) is 6.50. The van der Waals surface area contributed by atoms with Gasteiger partial charge in [0.05, 0.1) is 0 Å². The van der Waals surface area contributed by atoms with E-state index in [9.17, 15) is 4.79 Å². The molecule has 0 aromatic rings. The number of aliphatic hydroxyl groups is 1. The van der Waals surface area contributed by atoms with Crippen LogP contribution in [0.4, 0.5) is 0 Å². The summed E-state index contributed by atoms with van der Waals surface area (Å²) in [4.78, 5) is 10.4. The van der Waals surface area contributed by atoms with E-state index >= 15 is 0 Å². The van der Waals surface area contributed by atoms with E-state index in [0.29, 0.717) is 0 Å². The van der Waals surface area contributed by atoms with Gasteiger partial charge in [-0.1, -0.05) is 25.5 Å². The van der Waals surface area contributed by atoms with E-state index in [1.54, 1.807) is 0 Å². The average Bonchev–Trinajstić information content (AvgIpc) is 1.88. The van der Waals surface area contributed by atoms with Crippen molar-refractivity contribution < 1.29 is 9.90 Å². The van der Waals surface area contributed by atoms with Gasteiger partial charge in [-0.3, -0.25) is 4.79 Å². The minimum Gasteiger partial charge on any atom is -0.381 e. The fourth-order valence-corrected chi connectivity index (χ4v) is 0.527. The number of carbonyl (C=O) groups excluding carboxylic acids is 1. The van der Waals surface area contributed by atoms with Gasteiger partial charge in [0.1, 0.15) is 6.10 Å². The van der Waals surface area contributed by atoms with E-state index in [0.717, 1.165) is 12.8 Å². The lowest BCUT2D eigenvalue weighted by molar-refractivity contribution is -0.122. The van der Waals surface area contributed by atoms with E-state index in [2.05, 4.69) is 0 Å². The quantitative estimate of drug-likeness (QED) is 0.600. The first-order chi connectivity index (χ1) is 4.68. The SMILES string of the molecule is CCC/C=C/[C@@H](O)C(C)=O. The maximum Gasteiger partial charge on any atom is 0.162 e. The van der Waals surface area contributed by atoms with Crippen LogP contribution in [0.1, 0.15) is 26.7 Å². The summed E-state index contributed by atoms with van der Waals surface area (Å²) in [7, 11) is 0. The smallest absolute Gasteiger partial charge is 0.162 e. The van der Waals surface area contributed by atoms with Gasteiger partial charge < -0.3 is 5.11 Å². The van der Waals surface area contributed by atoms with Crippen molar-refractivity contribution >= 4 is 5.78 Å². The maximum atomic E-state index is 10.4. The number of allylic oxidation sites excluding steroid dienone is 1. The molecular formula is C8H14O2. The molecule has 0 aliphatic heterocycles. The fourth-order valence-electron chi connectivity index (χ4n) is 0.527. The summed E-state index contributed by atoms with van der Waals surface area (Å²) in [6.45, 7) is 3.42. The molecule has 0 saturated heterocycles. The van der Waals surface area contributed by atoms with Gasteiger partial charge in [0, 0.05) is 0 Å². The topological polar surface area (TPSA) is 37.3 Å². The minimum absolute atomic E-state index is 0.202. The summed E-state index contributed by atoms with van der Waals surface area (Å²) in [5, 5.41) is 8.92. The monoisotopic (exact) mass is 142 g/mol. The Morgan fingerprint density at radius 2 is 2.30 bits per heavy atom. The van der Waals surface area contributed by atoms with Gasteiger partial charge in [0.2, 0.25) is 0 Å². The lowest BCUT2D eigenvalue weighted by atomic mass is 10.2. The molecule has 2 heteroatoms. The number of ketones is 1. The number of unbranched alkanes of at least 4 members (excludes halogenated alkanes) is 1. The highest BCUT2D eigenvalue weighted by Crippen LogP contribution is 1.92. The van der Waals surface area contributed by atoms with Crippen molar-refractivity contribution in [3.8, 4) is 0 Å². The van der Waals surface area contributed by atoms with Gasteiger partial charge in [0.25, 0.3) is 0 Å². The summed E-state index contributed by atoms with van der Waals surface area (Å²) in [5.41, 5.74) is 0. The molecule has 0 unspecified atom stereocenters. The summed E-state index contributed by atoms with van der Waals surface area (Å²) in [6, 6.07) is 0. The maximum absolute atomic E-state index is 10.4. The van der Waals surface area contributed by atoms with Crippen molar-refractivity contribution in [1.82, 2.24) is 0 Å². The first-order valence-corrected chi connectivity index (χ1v) is 3.53. The Kier molecular flexibility index (Phi) is 4.85. The molecular weight excluding hydrogens is 128 g/mol. The predicted molar refractivity (Wildman–Crippen MR) is 40.7 cm³/mol. The number of hydrogen-bond acceptors (Lipinski definition) is 2. The summed E-state index contributed by atoms with van der Waals surface area (Å²) >= 11 is 0. The molecule has 0 spiro atoms. The highest BCUT2D eigenvalue weighted by atomic mass is 16.3. The zero-order chi connectivity index (χ0) is 7.98. The largest absolute Gasteiger partial charge is 0.381 e. The van der Waals surface area contributed by atoms with Crippen LogP contribution in [0, 0.1) is 0 Å². The molecule has 0 aromatic heterocycles. The number of carbonyl (C=O) groups is 1. The predicted octanol–water partition coefficient (Wildman–Crippen LogP) is 1.29. The van der Waals surface area contributed by atoms with Crippen LogP contribution in [0.5, 0.6) is 0 Å². The van der Waals surface area contributed by atoms with Gasteiger partial charge in [-0.25, -0.2) is 0 Å². The zero-order valence-corrected chi connectivity index (χ0v) is 6.50. The van der Waals surface area contributed by atoms with E-state index in [1.165, 1.54) is 13.0 Å². The molecule has 0 rings (SSSR count). The van der Waals surface area contributed by atoms with Crippen LogP contribution in [0.25, 0.3) is 0 Å². The Morgan fingerprint density at radius 3 is 2.70 bits per heavy atom. The van der Waals surface area contributed by atoms with Crippen LogP contribution in [-0.4, -0.2) is 17.0 Å². The van der Waals surface area contributed by atoms with Crippen molar-refractivity contribution in [3.05, 3.63) is 12.2 Å². The number of hydrogen-bond donors (Lipinski definition) is 1. The van der Waals surface area contributed by atoms with Crippen LogP contribution in [-0.2, 0) is 4.79 Å². The van der Waals surface area contributed by atoms with Gasteiger partial charge >= 0.3 is 0 Å². The average molecular weight is 142 g/mol. The number of rotatable bonds is 4. The van der Waals surface area contributed by atoms with Crippen LogP contribution >= 0.6 is 0 Å². The van der Waals surface area contributed by atoms with E-state index in [4.69, 9.17) is 5.11 Å². The molecule has 0 aliphatic rings. The van der Waals surface area contributed by atoms with Crippen LogP contribution in [0.3, 0.4) is 0 Å². The number of aliphatic hydroxyl groups excluding tert-OH is 1. The summed E-state index contributed by atoms with van der Waals surface area (Å²) < 4.78 is 0. The van der Waals surface area contributed by atoms with Crippen LogP contribution in [0.15, 0.2) is 12.2 Å². The lowest BCUT2D eigenvalue weighted by Gasteiger charge is -1.96. The minimum atomic E-state index is -0.897. The molecule has 0 heterocycles. The van der Waals surface area contributed by atoms with E-state index in [1.807, 2.05) is 13.0 Å². The van der Waals surface area contributed by atoms with E-state index in [-0.39, 0.29) is 5.78 Å². The molecule has 0 amide bonds. The Morgan fingerprint density at radius 1 is 1.70 bits per heavy atom. The molecule has 0 bridgehead atoms. The Bertz CT molecular complexity index is 127. The molecule has 1 N–H and O–H groups in total. The standard InChI is InChI=1S/C8H14O2/c1-3-4-5-6-8(10)7(2)9/h5-6,8,10H,3-4H2,1-2H3/b6-5+/t8-/m1/s1. The van der Waals surface area contributed by atoms with Gasteiger partial charge in [-0.15, -0.1) is 0 Å². The normalized spacial score (nSPS) is 13.9. The van der Waals surface area contributed by atoms with Crippen LogP contribution in [0.2, 0.25) is 0 Å². The third-order valence-corrected chi connectivity index (χ3v) is 1.19. The second-order valence-electron chi connectivity index (χ2n) is 2.27. The third kappa shape index (κ3) is 4.27. The second kappa shape index (κ2) is 5.18. The molecule has 0 fully saturated rings. The molecule has 0 aliphatic carbocycles. The van der Waals surface area contributed by atoms with Gasteiger partial charge in [0.15, 0.2) is 5.78 Å². The fraction of sp³-hybridized carbons (Fsp3) is 0.625. The Hall–Kier alpha value is -0.630. The lowest BCUT2D eigenvalue weighted by Crippen LogP contribution is -2.12. The van der Waals surface area contributed by atoms with Crippen molar-refractivity contribution in [2.45, 2.75) is 32.8 Å². The Balaban J connectivity index is 3.55. The molecule has 10 heavy (non-hydrogen) atoms. The highest BCUT2D eigenvalue weighted by molar-refractivity contribution is 5.81. The Labute approximate surface area is 61.6 Å². The number of Topliss-reactive ketones (excluding diaryl/α,β-unsaturated/α-hetero) is 1. The summed E-state index contributed by atoms with van der Waals surface area (Å²) in [5.74, 6) is -0.202. The van der Waals surface area contributed by atoms with Crippen LogP contribution < -0.4 is 0 Å². The molecule has 2 nitrogen and oxygen atoms in total. The second-order valence-corrected chi connectivity index (χ2v) is 2.27. The molecule has 0 aromatic carbocycles. The molecule has 0 radical (unpaired) electrons. The summed E-state index contributed by atoms with van der Waals surface area (Å²) in [6.07, 6.45) is 4.43. The molecule has 0 saturated carbocycles. The highest BCUT2D eigenvalue weighted by Gasteiger charge is 2.02. The first-order valence-electron chi connectivity index (χ1n) is 3.53. The molecule has 58 valence electrons. The van der Waals surface area contributed by atoms with Crippen molar-refractivity contribution in [1.29, 1.82) is 0 Å². The van der Waals surface area contributed by atoms with Crippen molar-refractivity contribution in [3.63, 3.8) is 0 Å². The van der Waals surface area contributed by atoms with Crippen molar-refractivity contribution in [2.75, 3.05) is 0 Å². The van der Waals surface area contributed by atoms with E-state index < -0.39 is 6.10 Å². The molecule has 1 atom stereocenters. The third-order valence-electron chi connectivity index (χ3n) is 1.19. The van der Waals surface area contributed by atoms with Gasteiger partial charge in [-0.2, -0.15) is 0 Å². The van der Waals surface area contributed by atoms with Gasteiger partial charge in [-0.05, 0) is 13.3 Å². The van der Waals surface area contributed by atoms with Crippen molar-refractivity contribution in [2.24, 2.45) is 0 Å². The first kappa shape index (κ1) is 9.37.